The van der Waals surface area contributed by atoms with Gasteiger partial charge in [-0.05, 0) is 74.4 Å². The van der Waals surface area contributed by atoms with E-state index < -0.39 is 17.7 Å². The van der Waals surface area contributed by atoms with Crippen molar-refractivity contribution in [1.82, 2.24) is 0 Å². The fourth-order valence-electron chi connectivity index (χ4n) is 4.37. The van der Waals surface area contributed by atoms with Crippen LogP contribution in [0.2, 0.25) is 0 Å². The Hall–Kier alpha value is -4.26. The Kier molecular flexibility index (Phi) is 8.05. The molecule has 1 unspecified atom stereocenters. The Morgan fingerprint density at radius 3 is 2.13 bits per heavy atom. The molecule has 198 valence electrons. The van der Waals surface area contributed by atoms with Crippen LogP contribution in [0.1, 0.15) is 44.9 Å². The number of Topliss-reactive ketones (excluding diaryl/α,β-unsaturated/α-hetero) is 1. The lowest BCUT2D eigenvalue weighted by atomic mass is 9.94. The molecular weight excluding hydrogens is 482 g/mol. The summed E-state index contributed by atoms with van der Waals surface area (Å²) in [6.45, 7) is 8.53. The Labute approximate surface area is 223 Å². The summed E-state index contributed by atoms with van der Waals surface area (Å²) in [7, 11) is 1.53. The molecule has 0 aromatic heterocycles. The van der Waals surface area contributed by atoms with Crippen molar-refractivity contribution in [3.8, 4) is 17.2 Å². The summed E-state index contributed by atoms with van der Waals surface area (Å²) in [5.74, 6) is 0.378. The molecular formula is C31H33NO6. The molecule has 1 fully saturated rings. The molecule has 4 rings (SSSR count). The van der Waals surface area contributed by atoms with Crippen LogP contribution in [0.5, 0.6) is 17.2 Å². The number of rotatable bonds is 9. The molecule has 3 aromatic rings. The van der Waals surface area contributed by atoms with Crippen molar-refractivity contribution in [2.45, 2.75) is 39.8 Å². The number of hydrogen-bond acceptors (Lipinski definition) is 6. The van der Waals surface area contributed by atoms with Gasteiger partial charge < -0.3 is 19.3 Å². The molecule has 0 spiro atoms. The van der Waals surface area contributed by atoms with Gasteiger partial charge in [0, 0.05) is 16.8 Å². The monoisotopic (exact) mass is 515 g/mol. The largest absolute Gasteiger partial charge is 0.507 e. The molecule has 3 aromatic carbocycles. The predicted octanol–water partition coefficient (Wildman–Crippen LogP) is 6.14. The molecule has 7 nitrogen and oxygen atoms in total. The SMILES string of the molecule is COc1ccccc1C1/C(=C(/O)c2ccc(OCC(C)C)cc2)C(=O)C(=O)N1c1ccc(OC(C)C)cc1. The number of amides is 1. The third-order valence-electron chi connectivity index (χ3n) is 6.08. The summed E-state index contributed by atoms with van der Waals surface area (Å²) in [5.41, 5.74) is 1.46. The van der Waals surface area contributed by atoms with Gasteiger partial charge in [-0.3, -0.25) is 14.5 Å². The van der Waals surface area contributed by atoms with Crippen LogP contribution in [0.15, 0.2) is 78.4 Å². The number of hydrogen-bond donors (Lipinski definition) is 1. The lowest BCUT2D eigenvalue weighted by molar-refractivity contribution is -0.132. The van der Waals surface area contributed by atoms with Crippen LogP contribution in [0.3, 0.4) is 0 Å². The van der Waals surface area contributed by atoms with Gasteiger partial charge >= 0.3 is 0 Å². The number of nitrogens with zero attached hydrogens (tertiary/aromatic N) is 1. The van der Waals surface area contributed by atoms with Crippen LogP contribution in [-0.2, 0) is 9.59 Å². The van der Waals surface area contributed by atoms with Gasteiger partial charge in [-0.1, -0.05) is 32.0 Å². The van der Waals surface area contributed by atoms with Crippen LogP contribution < -0.4 is 19.1 Å². The number of carbonyl (C=O) groups is 2. The molecule has 0 radical (unpaired) electrons. The zero-order valence-corrected chi connectivity index (χ0v) is 22.3. The topological polar surface area (TPSA) is 85.3 Å². The van der Waals surface area contributed by atoms with Crippen molar-refractivity contribution < 1.29 is 28.9 Å². The van der Waals surface area contributed by atoms with Gasteiger partial charge in [-0.25, -0.2) is 0 Å². The Bertz CT molecular complexity index is 1330. The van der Waals surface area contributed by atoms with Gasteiger partial charge in [0.1, 0.15) is 23.0 Å². The normalized spacial score (nSPS) is 16.8. The van der Waals surface area contributed by atoms with Crippen molar-refractivity contribution in [3.05, 3.63) is 89.5 Å². The summed E-state index contributed by atoms with van der Waals surface area (Å²) in [4.78, 5) is 28.3. The number of para-hydroxylation sites is 1. The maximum atomic E-state index is 13.4. The van der Waals surface area contributed by atoms with Crippen LogP contribution >= 0.6 is 0 Å². The highest BCUT2D eigenvalue weighted by molar-refractivity contribution is 6.51. The predicted molar refractivity (Wildman–Crippen MR) is 147 cm³/mol. The minimum atomic E-state index is -0.903. The minimum absolute atomic E-state index is 0.00850. The second kappa shape index (κ2) is 11.4. The first-order valence-corrected chi connectivity index (χ1v) is 12.6. The zero-order chi connectivity index (χ0) is 27.4. The summed E-state index contributed by atoms with van der Waals surface area (Å²) in [6, 6.07) is 20.0. The van der Waals surface area contributed by atoms with E-state index in [1.165, 1.54) is 12.0 Å². The van der Waals surface area contributed by atoms with Crippen molar-refractivity contribution in [2.24, 2.45) is 5.92 Å². The average molecular weight is 516 g/mol. The minimum Gasteiger partial charge on any atom is -0.507 e. The van der Waals surface area contributed by atoms with Crippen molar-refractivity contribution in [3.63, 3.8) is 0 Å². The second-order valence-corrected chi connectivity index (χ2v) is 9.80. The van der Waals surface area contributed by atoms with E-state index in [9.17, 15) is 14.7 Å². The molecule has 1 heterocycles. The van der Waals surface area contributed by atoms with E-state index in [2.05, 4.69) is 13.8 Å². The summed E-state index contributed by atoms with van der Waals surface area (Å²) in [6.07, 6.45) is -0.00850. The van der Waals surface area contributed by atoms with Crippen LogP contribution in [0, 0.1) is 5.92 Å². The van der Waals surface area contributed by atoms with Gasteiger partial charge in [0.05, 0.1) is 31.4 Å². The first-order chi connectivity index (χ1) is 18.2. The third kappa shape index (κ3) is 5.52. The molecule has 1 aliphatic rings. The highest BCUT2D eigenvalue weighted by Crippen LogP contribution is 2.45. The van der Waals surface area contributed by atoms with Crippen molar-refractivity contribution >= 4 is 23.1 Å². The Morgan fingerprint density at radius 1 is 0.895 bits per heavy atom. The first-order valence-electron chi connectivity index (χ1n) is 12.6. The van der Waals surface area contributed by atoms with Crippen LogP contribution in [0.25, 0.3) is 5.76 Å². The Balaban J connectivity index is 1.82. The fourth-order valence-corrected chi connectivity index (χ4v) is 4.37. The molecule has 0 aliphatic carbocycles. The van der Waals surface area contributed by atoms with Gasteiger partial charge in [-0.15, -0.1) is 0 Å². The number of aliphatic hydroxyl groups excluding tert-OH is 1. The molecule has 0 saturated carbocycles. The van der Waals surface area contributed by atoms with E-state index in [1.807, 2.05) is 19.9 Å². The number of carbonyl (C=O) groups excluding carboxylic acids is 2. The quantitative estimate of drug-likeness (QED) is 0.209. The molecule has 1 aliphatic heterocycles. The summed E-state index contributed by atoms with van der Waals surface area (Å²) < 4.78 is 17.1. The molecule has 1 saturated heterocycles. The molecule has 1 amide bonds. The number of aliphatic hydroxyl groups is 1. The van der Waals surface area contributed by atoms with Crippen molar-refractivity contribution in [2.75, 3.05) is 18.6 Å². The maximum absolute atomic E-state index is 13.4. The highest BCUT2D eigenvalue weighted by atomic mass is 16.5. The van der Waals surface area contributed by atoms with Gasteiger partial charge in [0.2, 0.25) is 0 Å². The Morgan fingerprint density at radius 2 is 1.53 bits per heavy atom. The standard InChI is InChI=1S/C31H33NO6/c1-19(2)18-37-23-14-10-21(11-15-23)29(33)27-28(25-8-6-7-9-26(25)36-5)32(31(35)30(27)34)22-12-16-24(17-13-22)38-20(3)4/h6-17,19-20,28,33H,18H2,1-5H3/b29-27-. The highest BCUT2D eigenvalue weighted by Gasteiger charge is 2.47. The maximum Gasteiger partial charge on any atom is 0.300 e. The van der Waals surface area contributed by atoms with Gasteiger partial charge in [0.25, 0.3) is 11.7 Å². The fraction of sp³-hybridized carbons (Fsp3) is 0.290. The van der Waals surface area contributed by atoms with Crippen molar-refractivity contribution in [1.29, 1.82) is 0 Å². The van der Waals surface area contributed by atoms with E-state index >= 15 is 0 Å². The lowest BCUT2D eigenvalue weighted by Crippen LogP contribution is -2.29. The van der Waals surface area contributed by atoms with E-state index in [0.717, 1.165) is 0 Å². The molecule has 7 heteroatoms. The number of methoxy groups -OCH3 is 1. The van der Waals surface area contributed by atoms with Gasteiger partial charge in [0.15, 0.2) is 0 Å². The van der Waals surface area contributed by atoms with E-state index in [0.29, 0.717) is 46.6 Å². The number of ketones is 1. The molecule has 38 heavy (non-hydrogen) atoms. The first kappa shape index (κ1) is 26.8. The van der Waals surface area contributed by atoms with E-state index in [-0.39, 0.29) is 17.4 Å². The van der Waals surface area contributed by atoms with E-state index in [1.54, 1.807) is 66.7 Å². The number of benzene rings is 3. The second-order valence-electron chi connectivity index (χ2n) is 9.80. The molecule has 0 bridgehead atoms. The molecule has 1 N–H and O–H groups in total. The molecule has 1 atom stereocenters. The number of anilines is 1. The van der Waals surface area contributed by atoms with Crippen LogP contribution in [0.4, 0.5) is 5.69 Å². The summed E-state index contributed by atoms with van der Waals surface area (Å²) >= 11 is 0. The number of ether oxygens (including phenoxy) is 3. The summed E-state index contributed by atoms with van der Waals surface area (Å²) in [5, 5.41) is 11.4. The van der Waals surface area contributed by atoms with Crippen LogP contribution in [-0.4, -0.2) is 36.6 Å². The third-order valence-corrected chi connectivity index (χ3v) is 6.08. The van der Waals surface area contributed by atoms with E-state index in [4.69, 9.17) is 14.2 Å². The smallest absolute Gasteiger partial charge is 0.300 e. The zero-order valence-electron chi connectivity index (χ0n) is 22.3. The average Bonchev–Trinajstić information content (AvgIpc) is 3.17. The van der Waals surface area contributed by atoms with Gasteiger partial charge in [-0.2, -0.15) is 0 Å². The lowest BCUT2D eigenvalue weighted by Gasteiger charge is -2.27.